The third-order valence-corrected chi connectivity index (χ3v) is 3.59. The molecule has 0 fully saturated rings. The Morgan fingerprint density at radius 2 is 2.35 bits per heavy atom. The summed E-state index contributed by atoms with van der Waals surface area (Å²) in [5.74, 6) is 0.425. The predicted molar refractivity (Wildman–Crippen MR) is 72.6 cm³/mol. The SMILES string of the molecule is Cc1nc2cc(NCc3ncon3)c([N+](=O)[O-])cc2s1. The number of aromatic nitrogens is 3. The number of nitrogens with zero attached hydrogens (tertiary/aromatic N) is 4. The number of anilines is 1. The van der Waals surface area contributed by atoms with Crippen LogP contribution in [0.15, 0.2) is 23.0 Å². The molecule has 0 spiro atoms. The van der Waals surface area contributed by atoms with Gasteiger partial charge in [-0.1, -0.05) is 5.16 Å². The van der Waals surface area contributed by atoms with Gasteiger partial charge in [-0.2, -0.15) is 4.98 Å². The van der Waals surface area contributed by atoms with Gasteiger partial charge in [-0.05, 0) is 13.0 Å². The van der Waals surface area contributed by atoms with Crippen molar-refractivity contribution in [2.24, 2.45) is 0 Å². The highest BCUT2D eigenvalue weighted by Gasteiger charge is 2.17. The average Bonchev–Trinajstić information content (AvgIpc) is 3.02. The van der Waals surface area contributed by atoms with E-state index in [-0.39, 0.29) is 12.2 Å². The first kappa shape index (κ1) is 12.5. The molecule has 0 bridgehead atoms. The fraction of sp³-hybridized carbons (Fsp3) is 0.182. The Kier molecular flexibility index (Phi) is 3.03. The van der Waals surface area contributed by atoms with Gasteiger partial charge in [-0.15, -0.1) is 11.3 Å². The fourth-order valence-corrected chi connectivity index (χ4v) is 2.66. The van der Waals surface area contributed by atoms with Crippen molar-refractivity contribution in [3.8, 4) is 0 Å². The zero-order chi connectivity index (χ0) is 14.1. The van der Waals surface area contributed by atoms with Gasteiger partial charge in [-0.25, -0.2) is 4.98 Å². The zero-order valence-corrected chi connectivity index (χ0v) is 11.2. The van der Waals surface area contributed by atoms with Crippen molar-refractivity contribution >= 4 is 32.9 Å². The van der Waals surface area contributed by atoms with E-state index >= 15 is 0 Å². The van der Waals surface area contributed by atoms with Crippen molar-refractivity contribution in [3.05, 3.63) is 39.5 Å². The largest absolute Gasteiger partial charge is 0.372 e. The van der Waals surface area contributed by atoms with Crippen LogP contribution in [0.2, 0.25) is 0 Å². The third kappa shape index (κ3) is 2.30. The van der Waals surface area contributed by atoms with Gasteiger partial charge in [0.25, 0.3) is 5.69 Å². The van der Waals surface area contributed by atoms with Crippen LogP contribution in [-0.2, 0) is 6.54 Å². The van der Waals surface area contributed by atoms with Gasteiger partial charge in [-0.3, -0.25) is 10.1 Å². The van der Waals surface area contributed by atoms with Crippen LogP contribution < -0.4 is 5.32 Å². The number of nitro groups is 1. The van der Waals surface area contributed by atoms with Crippen LogP contribution in [0.5, 0.6) is 0 Å². The van der Waals surface area contributed by atoms with E-state index in [1.807, 2.05) is 6.92 Å². The van der Waals surface area contributed by atoms with E-state index in [1.54, 1.807) is 6.07 Å². The Bertz CT molecular complexity index is 768. The molecule has 0 amide bonds. The summed E-state index contributed by atoms with van der Waals surface area (Å²) in [4.78, 5) is 18.9. The maximum absolute atomic E-state index is 11.1. The molecule has 20 heavy (non-hydrogen) atoms. The van der Waals surface area contributed by atoms with Gasteiger partial charge in [0.2, 0.25) is 6.39 Å². The summed E-state index contributed by atoms with van der Waals surface area (Å²) in [7, 11) is 0. The summed E-state index contributed by atoms with van der Waals surface area (Å²) in [6.07, 6.45) is 1.21. The summed E-state index contributed by atoms with van der Waals surface area (Å²) >= 11 is 1.43. The number of thiazole rings is 1. The number of benzene rings is 1. The highest BCUT2D eigenvalue weighted by molar-refractivity contribution is 7.18. The quantitative estimate of drug-likeness (QED) is 0.581. The van der Waals surface area contributed by atoms with Crippen LogP contribution in [0.1, 0.15) is 10.8 Å². The highest BCUT2D eigenvalue weighted by atomic mass is 32.1. The van der Waals surface area contributed by atoms with E-state index < -0.39 is 4.92 Å². The van der Waals surface area contributed by atoms with Crippen molar-refractivity contribution < 1.29 is 9.45 Å². The Balaban J connectivity index is 1.98. The fourth-order valence-electron chi connectivity index (χ4n) is 1.82. The van der Waals surface area contributed by atoms with Gasteiger partial charge in [0, 0.05) is 6.07 Å². The summed E-state index contributed by atoms with van der Waals surface area (Å²) in [6.45, 7) is 2.11. The monoisotopic (exact) mass is 291 g/mol. The number of nitrogens with one attached hydrogen (secondary N) is 1. The second-order valence-electron chi connectivity index (χ2n) is 4.03. The minimum Gasteiger partial charge on any atom is -0.372 e. The third-order valence-electron chi connectivity index (χ3n) is 2.65. The predicted octanol–water partition coefficient (Wildman–Crippen LogP) is 2.51. The molecule has 3 aromatic rings. The molecule has 8 nitrogen and oxygen atoms in total. The minimum absolute atomic E-state index is 0.00430. The van der Waals surface area contributed by atoms with Gasteiger partial charge in [0.05, 0.1) is 26.7 Å². The Hall–Kier alpha value is -2.55. The molecular formula is C11H9N5O3S. The first-order valence-corrected chi connectivity index (χ1v) is 6.50. The molecule has 9 heteroatoms. The zero-order valence-electron chi connectivity index (χ0n) is 10.4. The van der Waals surface area contributed by atoms with E-state index in [0.29, 0.717) is 11.5 Å². The van der Waals surface area contributed by atoms with Crippen molar-refractivity contribution in [3.63, 3.8) is 0 Å². The lowest BCUT2D eigenvalue weighted by molar-refractivity contribution is -0.383. The standard InChI is InChI=1S/C11H9N5O3S/c1-6-14-8-2-7(12-4-11-13-5-19-15-11)9(16(17)18)3-10(8)20-6/h2-3,5,12H,4H2,1H3. The van der Waals surface area contributed by atoms with Crippen molar-refractivity contribution in [2.45, 2.75) is 13.5 Å². The molecule has 3 rings (SSSR count). The van der Waals surface area contributed by atoms with Gasteiger partial charge in [0.1, 0.15) is 5.69 Å². The van der Waals surface area contributed by atoms with Gasteiger partial charge in [0.15, 0.2) is 5.82 Å². The van der Waals surface area contributed by atoms with Crippen molar-refractivity contribution in [1.29, 1.82) is 0 Å². The minimum atomic E-state index is -0.424. The Morgan fingerprint density at radius 3 is 3.05 bits per heavy atom. The average molecular weight is 291 g/mol. The van der Waals surface area contributed by atoms with Crippen LogP contribution in [0.25, 0.3) is 10.2 Å². The van der Waals surface area contributed by atoms with Crippen LogP contribution in [-0.4, -0.2) is 20.0 Å². The lowest BCUT2D eigenvalue weighted by Gasteiger charge is -2.04. The number of nitro benzene ring substituents is 1. The number of rotatable bonds is 4. The van der Waals surface area contributed by atoms with Gasteiger partial charge < -0.3 is 9.84 Å². The van der Waals surface area contributed by atoms with Crippen LogP contribution >= 0.6 is 11.3 Å². The van der Waals surface area contributed by atoms with E-state index in [0.717, 1.165) is 15.2 Å². The molecule has 0 aliphatic carbocycles. The molecular weight excluding hydrogens is 282 g/mol. The molecule has 0 aliphatic heterocycles. The highest BCUT2D eigenvalue weighted by Crippen LogP contribution is 2.33. The number of hydrogen-bond acceptors (Lipinski definition) is 8. The number of aryl methyl sites for hydroxylation is 1. The molecule has 2 aromatic heterocycles. The van der Waals surface area contributed by atoms with Crippen molar-refractivity contribution in [1.82, 2.24) is 15.1 Å². The molecule has 0 aliphatic rings. The normalized spacial score (nSPS) is 10.8. The summed E-state index contributed by atoms with van der Waals surface area (Å²) in [6, 6.07) is 3.19. The molecule has 1 aromatic carbocycles. The summed E-state index contributed by atoms with van der Waals surface area (Å²) < 4.78 is 5.40. The maximum Gasteiger partial charge on any atom is 0.293 e. The molecule has 0 atom stereocenters. The molecule has 1 N–H and O–H groups in total. The molecule has 2 heterocycles. The van der Waals surface area contributed by atoms with Gasteiger partial charge >= 0.3 is 0 Å². The van der Waals surface area contributed by atoms with Crippen LogP contribution in [0, 0.1) is 17.0 Å². The Labute approximate surface area is 116 Å². The van der Waals surface area contributed by atoms with Crippen LogP contribution in [0.3, 0.4) is 0 Å². The second kappa shape index (κ2) is 4.85. The van der Waals surface area contributed by atoms with E-state index in [1.165, 1.54) is 23.8 Å². The topological polar surface area (TPSA) is 107 Å². The summed E-state index contributed by atoms with van der Waals surface area (Å²) in [5, 5.41) is 18.6. The van der Waals surface area contributed by atoms with E-state index in [4.69, 9.17) is 0 Å². The molecule has 0 unspecified atom stereocenters. The lowest BCUT2D eigenvalue weighted by Crippen LogP contribution is -2.03. The van der Waals surface area contributed by atoms with E-state index in [9.17, 15) is 10.1 Å². The molecule has 0 saturated carbocycles. The lowest BCUT2D eigenvalue weighted by atomic mass is 10.2. The molecule has 0 radical (unpaired) electrons. The second-order valence-corrected chi connectivity index (χ2v) is 5.26. The first-order valence-electron chi connectivity index (χ1n) is 5.68. The maximum atomic E-state index is 11.1. The number of hydrogen-bond donors (Lipinski definition) is 1. The first-order chi connectivity index (χ1) is 9.63. The van der Waals surface area contributed by atoms with E-state index in [2.05, 4.69) is 25.0 Å². The molecule has 102 valence electrons. The number of fused-ring (bicyclic) bond motifs is 1. The molecule has 0 saturated heterocycles. The summed E-state index contributed by atoms with van der Waals surface area (Å²) in [5.41, 5.74) is 1.12. The smallest absolute Gasteiger partial charge is 0.293 e. The van der Waals surface area contributed by atoms with Crippen molar-refractivity contribution in [2.75, 3.05) is 5.32 Å². The Morgan fingerprint density at radius 1 is 1.50 bits per heavy atom. The van der Waals surface area contributed by atoms with Crippen LogP contribution in [0.4, 0.5) is 11.4 Å².